The number of nitrogens with zero attached hydrogens (tertiary/aromatic N) is 1. The maximum atomic E-state index is 14.0. The van der Waals surface area contributed by atoms with Gasteiger partial charge in [-0.2, -0.15) is 8.78 Å². The highest BCUT2D eigenvalue weighted by molar-refractivity contribution is 5.99. The molecular formula is C18H20F5N3O. The number of hydrogen-bond donors (Lipinski definition) is 2. The van der Waals surface area contributed by atoms with Crippen molar-refractivity contribution in [1.29, 1.82) is 5.41 Å². The molecule has 1 rings (SSSR count). The van der Waals surface area contributed by atoms with Crippen LogP contribution in [0.1, 0.15) is 38.3 Å². The Morgan fingerprint density at radius 3 is 2.30 bits per heavy atom. The number of benzene rings is 1. The first-order chi connectivity index (χ1) is 12.3. The fraction of sp³-hybridized carbons (Fsp3) is 0.389. The lowest BCUT2D eigenvalue weighted by Crippen LogP contribution is -2.20. The van der Waals surface area contributed by atoms with Crippen molar-refractivity contribution < 1.29 is 26.7 Å². The highest BCUT2D eigenvalue weighted by Crippen LogP contribution is 2.32. The number of carbonyl (C=O) groups excluding carboxylic acids is 1. The minimum absolute atomic E-state index is 0.0123. The van der Waals surface area contributed by atoms with E-state index in [0.29, 0.717) is 20.1 Å². The van der Waals surface area contributed by atoms with Crippen LogP contribution in [0.2, 0.25) is 0 Å². The van der Waals surface area contributed by atoms with Crippen LogP contribution < -0.4 is 5.73 Å². The molecule has 0 fully saturated rings. The third-order valence-electron chi connectivity index (χ3n) is 3.53. The van der Waals surface area contributed by atoms with Gasteiger partial charge in [0.2, 0.25) is 5.91 Å². The zero-order valence-electron chi connectivity index (χ0n) is 15.0. The van der Waals surface area contributed by atoms with Gasteiger partial charge in [0.15, 0.2) is 0 Å². The third kappa shape index (κ3) is 6.58. The number of amides is 1. The minimum atomic E-state index is -3.47. The summed E-state index contributed by atoms with van der Waals surface area (Å²) in [6, 6.07) is 2.85. The average Bonchev–Trinajstić information content (AvgIpc) is 2.49. The number of alkyl halides is 4. The van der Waals surface area contributed by atoms with Gasteiger partial charge >= 0.3 is 0 Å². The summed E-state index contributed by atoms with van der Waals surface area (Å²) in [5, 5.41) is 7.42. The monoisotopic (exact) mass is 389 g/mol. The second kappa shape index (κ2) is 8.41. The topological polar surface area (TPSA) is 79.3 Å². The van der Waals surface area contributed by atoms with Crippen LogP contribution in [-0.4, -0.2) is 23.8 Å². The molecule has 0 aliphatic carbocycles. The van der Waals surface area contributed by atoms with Crippen molar-refractivity contribution in [2.45, 2.75) is 45.5 Å². The Hall–Kier alpha value is -2.58. The molecule has 0 atom stereocenters. The van der Waals surface area contributed by atoms with Gasteiger partial charge in [0, 0.05) is 37.8 Å². The molecule has 1 amide bonds. The molecule has 148 valence electrons. The highest BCUT2D eigenvalue weighted by Gasteiger charge is 2.32. The van der Waals surface area contributed by atoms with E-state index in [9.17, 15) is 26.7 Å². The van der Waals surface area contributed by atoms with E-state index < -0.39 is 34.8 Å². The van der Waals surface area contributed by atoms with Crippen molar-refractivity contribution in [2.75, 3.05) is 0 Å². The molecule has 0 aliphatic heterocycles. The molecule has 0 radical (unpaired) electrons. The van der Waals surface area contributed by atoms with Crippen molar-refractivity contribution in [1.82, 2.24) is 0 Å². The van der Waals surface area contributed by atoms with Gasteiger partial charge in [-0.25, -0.2) is 13.2 Å². The van der Waals surface area contributed by atoms with E-state index in [1.807, 2.05) is 0 Å². The van der Waals surface area contributed by atoms with Crippen LogP contribution in [0.5, 0.6) is 0 Å². The van der Waals surface area contributed by atoms with Crippen LogP contribution in [-0.2, 0) is 17.1 Å². The van der Waals surface area contributed by atoms with Crippen LogP contribution in [0.25, 0.3) is 0 Å². The predicted molar refractivity (Wildman–Crippen MR) is 93.0 cm³/mol. The number of hydrogen-bond acceptors (Lipinski definition) is 3. The smallest absolute Gasteiger partial charge is 0.287 e. The van der Waals surface area contributed by atoms with E-state index in [0.717, 1.165) is 12.1 Å². The van der Waals surface area contributed by atoms with E-state index in [2.05, 4.69) is 4.99 Å². The minimum Gasteiger partial charge on any atom is -0.369 e. The Bertz CT molecular complexity index is 789. The molecule has 0 aliphatic rings. The van der Waals surface area contributed by atoms with Crippen LogP contribution in [0.15, 0.2) is 34.5 Å². The molecule has 0 saturated carbocycles. The molecule has 0 bridgehead atoms. The molecule has 0 heterocycles. The first-order valence-corrected chi connectivity index (χ1v) is 7.86. The van der Waals surface area contributed by atoms with E-state index in [1.54, 1.807) is 0 Å². The molecule has 3 N–H and O–H groups in total. The molecule has 9 heteroatoms. The van der Waals surface area contributed by atoms with Gasteiger partial charge in [0.05, 0.1) is 12.0 Å². The van der Waals surface area contributed by atoms with Crippen LogP contribution in [0.3, 0.4) is 0 Å². The first-order valence-electron chi connectivity index (χ1n) is 7.86. The summed E-state index contributed by atoms with van der Waals surface area (Å²) in [6.45, 7) is 2.40. The van der Waals surface area contributed by atoms with Gasteiger partial charge in [0.1, 0.15) is 11.5 Å². The van der Waals surface area contributed by atoms with Gasteiger partial charge in [0.25, 0.3) is 11.8 Å². The number of carbonyl (C=O) groups is 1. The van der Waals surface area contributed by atoms with Crippen molar-refractivity contribution in [3.63, 3.8) is 0 Å². The highest BCUT2D eigenvalue weighted by atomic mass is 19.3. The summed E-state index contributed by atoms with van der Waals surface area (Å²) in [5.41, 5.74) is 3.21. The number of nitrogens with two attached hydrogens (primary N) is 1. The Kier molecular flexibility index (Phi) is 6.99. The summed E-state index contributed by atoms with van der Waals surface area (Å²) >= 11 is 0. The Morgan fingerprint density at radius 1 is 1.26 bits per heavy atom. The quantitative estimate of drug-likeness (QED) is 0.502. The largest absolute Gasteiger partial charge is 0.369 e. The first kappa shape index (κ1) is 22.5. The maximum Gasteiger partial charge on any atom is 0.287 e. The SMILES string of the molecule is CC(CC(N)=O)=N/C(=C(\C=N)Cc1ccc(F)c(C(C)(F)F)c1)C(C)(F)F. The van der Waals surface area contributed by atoms with Crippen LogP contribution in [0.4, 0.5) is 22.0 Å². The van der Waals surface area contributed by atoms with Crippen molar-refractivity contribution in [3.05, 3.63) is 46.4 Å². The maximum absolute atomic E-state index is 14.0. The van der Waals surface area contributed by atoms with E-state index in [1.165, 1.54) is 13.0 Å². The predicted octanol–water partition coefficient (Wildman–Crippen LogP) is 4.38. The fourth-order valence-corrected chi connectivity index (χ4v) is 2.38. The van der Waals surface area contributed by atoms with E-state index in [-0.39, 0.29) is 29.7 Å². The number of aliphatic imine (C=N–C) groups is 1. The molecule has 0 spiro atoms. The normalized spacial score (nSPS) is 14.0. The Labute approximate surface area is 153 Å². The second-order valence-electron chi connectivity index (χ2n) is 6.28. The standard InChI is InChI=1S/C18H20F5N3O/c1-10(6-15(25)27)26-16(18(3,22)23)12(9-24)7-11-4-5-14(19)13(8-11)17(2,20)21/h4-5,8-9,24H,6-7H2,1-3H3,(H2,25,27)/b16-12-,24-9?,26-10?. The van der Waals surface area contributed by atoms with Crippen molar-refractivity contribution in [2.24, 2.45) is 10.7 Å². The van der Waals surface area contributed by atoms with Gasteiger partial charge in [-0.1, -0.05) is 6.07 Å². The van der Waals surface area contributed by atoms with Crippen LogP contribution >= 0.6 is 0 Å². The second-order valence-corrected chi connectivity index (χ2v) is 6.28. The zero-order valence-corrected chi connectivity index (χ0v) is 15.0. The summed E-state index contributed by atoms with van der Waals surface area (Å²) in [6.07, 6.45) is -0.0759. The lowest BCUT2D eigenvalue weighted by molar-refractivity contribution is -0.116. The summed E-state index contributed by atoms with van der Waals surface area (Å²) < 4.78 is 68.5. The summed E-state index contributed by atoms with van der Waals surface area (Å²) in [4.78, 5) is 14.6. The molecular weight excluding hydrogens is 369 g/mol. The van der Waals surface area contributed by atoms with Crippen molar-refractivity contribution >= 4 is 17.8 Å². The van der Waals surface area contributed by atoms with Crippen LogP contribution in [0, 0.1) is 11.2 Å². The summed E-state index contributed by atoms with van der Waals surface area (Å²) in [5.74, 6) is -8.81. The Balaban J connectivity index is 3.44. The van der Waals surface area contributed by atoms with Gasteiger partial charge in [-0.3, -0.25) is 9.79 Å². The third-order valence-corrected chi connectivity index (χ3v) is 3.53. The molecule has 1 aromatic carbocycles. The number of nitrogens with one attached hydrogen (secondary N) is 1. The number of allylic oxidation sites excluding steroid dienone is 2. The van der Waals surface area contributed by atoms with E-state index in [4.69, 9.17) is 11.1 Å². The van der Waals surface area contributed by atoms with Gasteiger partial charge in [-0.15, -0.1) is 0 Å². The summed E-state index contributed by atoms with van der Waals surface area (Å²) in [7, 11) is 0. The Morgan fingerprint density at radius 2 is 1.85 bits per heavy atom. The molecule has 27 heavy (non-hydrogen) atoms. The lowest BCUT2D eigenvalue weighted by Gasteiger charge is -2.17. The van der Waals surface area contributed by atoms with Gasteiger partial charge < -0.3 is 11.1 Å². The fourth-order valence-electron chi connectivity index (χ4n) is 2.38. The van der Waals surface area contributed by atoms with E-state index >= 15 is 0 Å². The number of halogens is 5. The number of primary amides is 1. The average molecular weight is 389 g/mol. The molecule has 0 unspecified atom stereocenters. The zero-order chi connectivity index (χ0) is 21.0. The molecule has 4 nitrogen and oxygen atoms in total. The van der Waals surface area contributed by atoms with Gasteiger partial charge in [-0.05, 0) is 24.6 Å². The molecule has 0 saturated heterocycles. The van der Waals surface area contributed by atoms with Crippen molar-refractivity contribution in [3.8, 4) is 0 Å². The lowest BCUT2D eigenvalue weighted by atomic mass is 9.98. The number of rotatable bonds is 8. The molecule has 1 aromatic rings. The molecule has 0 aromatic heterocycles.